The summed E-state index contributed by atoms with van der Waals surface area (Å²) in [5.74, 6) is -1.29. The van der Waals surface area contributed by atoms with Gasteiger partial charge in [0, 0.05) is 25.2 Å². The van der Waals surface area contributed by atoms with Crippen LogP contribution in [0.4, 0.5) is 0 Å². The van der Waals surface area contributed by atoms with Gasteiger partial charge in [0.1, 0.15) is 0 Å². The summed E-state index contributed by atoms with van der Waals surface area (Å²) in [5, 5.41) is 9.20. The molecule has 9 heteroatoms. The maximum absolute atomic E-state index is 12.7. The van der Waals surface area contributed by atoms with Crippen molar-refractivity contribution in [3.8, 4) is 0 Å². The number of nitrogens with zero attached hydrogens (tertiary/aromatic N) is 2. The van der Waals surface area contributed by atoms with Crippen LogP contribution in [0.5, 0.6) is 0 Å². The number of H-pyrrole nitrogens is 1. The normalized spacial score (nSPS) is 17.4. The number of carbonyl (C=O) groups is 2. The van der Waals surface area contributed by atoms with Gasteiger partial charge in [0.15, 0.2) is 0 Å². The van der Waals surface area contributed by atoms with Gasteiger partial charge >= 0.3 is 11.7 Å². The number of nitrogens with one attached hydrogen (secondary N) is 1. The van der Waals surface area contributed by atoms with Gasteiger partial charge in [0.25, 0.3) is 11.5 Å². The largest absolute Gasteiger partial charge is 0.481 e. The molecule has 3 rings (SSSR count). The molecule has 138 valence electrons. The Kier molecular flexibility index (Phi) is 4.90. The number of aliphatic carboxylic acids is 1. The number of benzene rings is 1. The number of hydrogen-bond acceptors (Lipinski definition) is 5. The van der Waals surface area contributed by atoms with Crippen LogP contribution in [-0.2, 0) is 16.1 Å². The lowest BCUT2D eigenvalue weighted by molar-refractivity contribution is -0.141. The number of amides is 1. The molecule has 0 bridgehead atoms. The van der Waals surface area contributed by atoms with Crippen LogP contribution in [-0.4, -0.2) is 57.2 Å². The SMILES string of the molecule is CCn1c(=O)[nH]c2cc(C(=O)N3CCOC(CC(=O)O)C3)ccc2c1=O. The fourth-order valence-corrected chi connectivity index (χ4v) is 3.08. The molecule has 1 atom stereocenters. The van der Waals surface area contributed by atoms with Gasteiger partial charge in [-0.15, -0.1) is 0 Å². The summed E-state index contributed by atoms with van der Waals surface area (Å²) < 4.78 is 6.45. The number of ether oxygens (including phenoxy) is 1. The van der Waals surface area contributed by atoms with E-state index in [1.54, 1.807) is 6.92 Å². The van der Waals surface area contributed by atoms with E-state index in [-0.39, 0.29) is 32.0 Å². The zero-order valence-corrected chi connectivity index (χ0v) is 14.2. The van der Waals surface area contributed by atoms with Crippen molar-refractivity contribution in [3.05, 3.63) is 44.6 Å². The standard InChI is InChI=1S/C17H19N3O6/c1-2-20-16(24)12-4-3-10(7-13(12)18-17(20)25)15(23)19-5-6-26-11(9-19)8-14(21)22/h3-4,7,11H,2,5-6,8-9H2,1H3,(H,18,25)(H,21,22). The van der Waals surface area contributed by atoms with Crippen LogP contribution in [0.1, 0.15) is 23.7 Å². The summed E-state index contributed by atoms with van der Waals surface area (Å²) in [6.07, 6.45) is -0.729. The van der Waals surface area contributed by atoms with Gasteiger partial charge in [0.05, 0.1) is 30.0 Å². The second-order valence-corrected chi connectivity index (χ2v) is 6.08. The summed E-state index contributed by atoms with van der Waals surface area (Å²) in [6, 6.07) is 4.52. The Bertz CT molecular complexity index is 977. The molecule has 1 amide bonds. The van der Waals surface area contributed by atoms with Crippen molar-refractivity contribution in [2.24, 2.45) is 0 Å². The van der Waals surface area contributed by atoms with E-state index in [4.69, 9.17) is 9.84 Å². The van der Waals surface area contributed by atoms with E-state index < -0.39 is 23.3 Å². The molecule has 9 nitrogen and oxygen atoms in total. The smallest absolute Gasteiger partial charge is 0.328 e. The Morgan fingerprint density at radius 3 is 2.81 bits per heavy atom. The first-order chi connectivity index (χ1) is 12.4. The molecule has 2 N–H and O–H groups in total. The van der Waals surface area contributed by atoms with Crippen molar-refractivity contribution < 1.29 is 19.4 Å². The molecule has 0 spiro atoms. The van der Waals surface area contributed by atoms with E-state index in [1.807, 2.05) is 0 Å². The van der Waals surface area contributed by atoms with Crippen LogP contribution >= 0.6 is 0 Å². The highest BCUT2D eigenvalue weighted by Crippen LogP contribution is 2.15. The minimum atomic E-state index is -0.986. The van der Waals surface area contributed by atoms with E-state index in [0.717, 1.165) is 4.57 Å². The Labute approximate surface area is 147 Å². The van der Waals surface area contributed by atoms with Crippen LogP contribution < -0.4 is 11.2 Å². The second kappa shape index (κ2) is 7.12. The van der Waals surface area contributed by atoms with Crippen LogP contribution in [0.2, 0.25) is 0 Å². The number of aromatic amines is 1. The van der Waals surface area contributed by atoms with E-state index in [2.05, 4.69) is 4.98 Å². The first-order valence-electron chi connectivity index (χ1n) is 8.30. The van der Waals surface area contributed by atoms with Crippen LogP contribution in [0.15, 0.2) is 27.8 Å². The highest BCUT2D eigenvalue weighted by atomic mass is 16.5. The van der Waals surface area contributed by atoms with Gasteiger partial charge in [-0.1, -0.05) is 0 Å². The number of morpholine rings is 1. The molecule has 1 aliphatic heterocycles. The molecule has 1 fully saturated rings. The molecule has 1 aromatic carbocycles. The summed E-state index contributed by atoms with van der Waals surface area (Å²) in [6.45, 7) is 2.74. The molecular formula is C17H19N3O6. The van der Waals surface area contributed by atoms with Crippen molar-refractivity contribution in [2.75, 3.05) is 19.7 Å². The first kappa shape index (κ1) is 17.9. The van der Waals surface area contributed by atoms with Gasteiger partial charge in [-0.3, -0.25) is 19.0 Å². The average molecular weight is 361 g/mol. The summed E-state index contributed by atoms with van der Waals surface area (Å²) in [4.78, 5) is 51.9. The Morgan fingerprint density at radius 1 is 1.35 bits per heavy atom. The third-order valence-electron chi connectivity index (χ3n) is 4.37. The fourth-order valence-electron chi connectivity index (χ4n) is 3.08. The predicted molar refractivity (Wildman–Crippen MR) is 92.4 cm³/mol. The molecule has 1 aromatic heterocycles. The summed E-state index contributed by atoms with van der Waals surface area (Å²) in [7, 11) is 0. The molecule has 1 saturated heterocycles. The number of rotatable bonds is 4. The lowest BCUT2D eigenvalue weighted by atomic mass is 10.1. The van der Waals surface area contributed by atoms with Crippen molar-refractivity contribution >= 4 is 22.8 Å². The van der Waals surface area contributed by atoms with Gasteiger partial charge < -0.3 is 19.7 Å². The number of fused-ring (bicyclic) bond motifs is 1. The number of hydrogen-bond donors (Lipinski definition) is 2. The Hall–Kier alpha value is -2.94. The number of aromatic nitrogens is 2. The zero-order chi connectivity index (χ0) is 18.8. The monoisotopic (exact) mass is 361 g/mol. The number of carbonyl (C=O) groups excluding carboxylic acids is 1. The molecule has 2 heterocycles. The number of carboxylic acids is 1. The Balaban J connectivity index is 1.90. The summed E-state index contributed by atoms with van der Waals surface area (Å²) >= 11 is 0. The van der Waals surface area contributed by atoms with Crippen molar-refractivity contribution in [1.29, 1.82) is 0 Å². The quantitative estimate of drug-likeness (QED) is 0.792. The van der Waals surface area contributed by atoms with E-state index in [0.29, 0.717) is 23.0 Å². The zero-order valence-electron chi connectivity index (χ0n) is 14.2. The second-order valence-electron chi connectivity index (χ2n) is 6.08. The van der Waals surface area contributed by atoms with Gasteiger partial charge in [-0.2, -0.15) is 0 Å². The number of carboxylic acid groups (broad SMARTS) is 1. The Morgan fingerprint density at radius 2 is 2.12 bits per heavy atom. The van der Waals surface area contributed by atoms with Gasteiger partial charge in [-0.05, 0) is 25.1 Å². The molecule has 1 aliphatic rings. The van der Waals surface area contributed by atoms with Gasteiger partial charge in [-0.25, -0.2) is 4.79 Å². The third-order valence-corrected chi connectivity index (χ3v) is 4.37. The maximum Gasteiger partial charge on any atom is 0.328 e. The molecule has 0 saturated carbocycles. The topological polar surface area (TPSA) is 122 Å². The lowest BCUT2D eigenvalue weighted by Crippen LogP contribution is -2.46. The molecule has 0 radical (unpaired) electrons. The van der Waals surface area contributed by atoms with Crippen molar-refractivity contribution in [2.45, 2.75) is 26.0 Å². The minimum absolute atomic E-state index is 0.175. The van der Waals surface area contributed by atoms with Crippen LogP contribution in [0.3, 0.4) is 0 Å². The van der Waals surface area contributed by atoms with E-state index >= 15 is 0 Å². The summed E-state index contributed by atoms with van der Waals surface area (Å²) in [5.41, 5.74) is -0.315. The first-order valence-corrected chi connectivity index (χ1v) is 8.30. The highest BCUT2D eigenvalue weighted by Gasteiger charge is 2.26. The third kappa shape index (κ3) is 3.38. The molecule has 0 aliphatic carbocycles. The maximum atomic E-state index is 12.7. The van der Waals surface area contributed by atoms with Crippen LogP contribution in [0, 0.1) is 0 Å². The predicted octanol–water partition coefficient (Wildman–Crippen LogP) is 0.0254. The highest BCUT2D eigenvalue weighted by molar-refractivity contribution is 5.97. The lowest BCUT2D eigenvalue weighted by Gasteiger charge is -2.32. The van der Waals surface area contributed by atoms with Crippen molar-refractivity contribution in [1.82, 2.24) is 14.5 Å². The molecule has 26 heavy (non-hydrogen) atoms. The minimum Gasteiger partial charge on any atom is -0.481 e. The van der Waals surface area contributed by atoms with E-state index in [1.165, 1.54) is 23.1 Å². The average Bonchev–Trinajstić information content (AvgIpc) is 2.60. The fraction of sp³-hybridized carbons (Fsp3) is 0.412. The van der Waals surface area contributed by atoms with Crippen molar-refractivity contribution in [3.63, 3.8) is 0 Å². The van der Waals surface area contributed by atoms with Crippen LogP contribution in [0.25, 0.3) is 10.9 Å². The molecule has 1 unspecified atom stereocenters. The van der Waals surface area contributed by atoms with Gasteiger partial charge in [0.2, 0.25) is 0 Å². The molecule has 2 aromatic rings. The van der Waals surface area contributed by atoms with E-state index in [9.17, 15) is 19.2 Å². The molecular weight excluding hydrogens is 342 g/mol.